The molecular formula is C53H82NO8P. The molecule has 0 spiro atoms. The Hall–Kier alpha value is -4.11. The number of rotatable bonds is 41. The molecule has 0 bridgehead atoms. The van der Waals surface area contributed by atoms with E-state index in [-0.39, 0.29) is 32.6 Å². The van der Waals surface area contributed by atoms with Crippen LogP contribution in [0, 0.1) is 0 Å². The molecule has 0 aromatic carbocycles. The number of phosphoric ester groups is 1. The third-order valence-electron chi connectivity index (χ3n) is 8.72. The first kappa shape index (κ1) is 58.9. The minimum Gasteiger partial charge on any atom is -0.462 e. The number of carbonyl (C=O) groups excluding carboxylic acids is 2. The van der Waals surface area contributed by atoms with Gasteiger partial charge in [-0.3, -0.25) is 18.6 Å². The molecule has 3 N–H and O–H groups in total. The van der Waals surface area contributed by atoms with Crippen LogP contribution in [0.25, 0.3) is 0 Å². The summed E-state index contributed by atoms with van der Waals surface area (Å²) in [5, 5.41) is 0. The molecule has 0 aliphatic rings. The highest BCUT2D eigenvalue weighted by atomic mass is 31.2. The van der Waals surface area contributed by atoms with Crippen LogP contribution in [0.15, 0.2) is 146 Å². The van der Waals surface area contributed by atoms with Gasteiger partial charge in [0.25, 0.3) is 0 Å². The average Bonchev–Trinajstić information content (AvgIpc) is 3.27. The van der Waals surface area contributed by atoms with Crippen molar-refractivity contribution in [1.82, 2.24) is 0 Å². The first-order valence-electron chi connectivity index (χ1n) is 23.3. The highest BCUT2D eigenvalue weighted by molar-refractivity contribution is 7.47. The fraction of sp³-hybridized carbons (Fsp3) is 0.509. The molecule has 0 heterocycles. The van der Waals surface area contributed by atoms with Crippen molar-refractivity contribution in [3.8, 4) is 0 Å². The topological polar surface area (TPSA) is 134 Å². The number of hydrogen-bond acceptors (Lipinski definition) is 8. The second kappa shape index (κ2) is 47.4. The summed E-state index contributed by atoms with van der Waals surface area (Å²) in [7, 11) is -4.41. The van der Waals surface area contributed by atoms with Crippen molar-refractivity contribution in [3.05, 3.63) is 146 Å². The van der Waals surface area contributed by atoms with Crippen LogP contribution in [0.5, 0.6) is 0 Å². The average molecular weight is 892 g/mol. The number of phosphoric acid groups is 1. The van der Waals surface area contributed by atoms with E-state index in [9.17, 15) is 19.0 Å². The molecule has 9 nitrogen and oxygen atoms in total. The normalized spacial score (nSPS) is 14.5. The van der Waals surface area contributed by atoms with Crippen LogP contribution < -0.4 is 5.73 Å². The number of allylic oxidation sites excluding steroid dienone is 24. The molecule has 63 heavy (non-hydrogen) atoms. The van der Waals surface area contributed by atoms with Gasteiger partial charge in [-0.25, -0.2) is 4.57 Å². The summed E-state index contributed by atoms with van der Waals surface area (Å²) in [6.45, 7) is 3.36. The van der Waals surface area contributed by atoms with Crippen LogP contribution in [0.2, 0.25) is 0 Å². The Balaban J connectivity index is 4.27. The van der Waals surface area contributed by atoms with Gasteiger partial charge in [0.2, 0.25) is 0 Å². The van der Waals surface area contributed by atoms with Crippen molar-refractivity contribution < 1.29 is 37.6 Å². The minimum absolute atomic E-state index is 0.0309. The van der Waals surface area contributed by atoms with E-state index in [1.165, 1.54) is 0 Å². The van der Waals surface area contributed by atoms with Crippen LogP contribution in [0.1, 0.15) is 142 Å². The molecule has 352 valence electrons. The summed E-state index contributed by atoms with van der Waals surface area (Å²) in [6.07, 6.45) is 67.6. The lowest BCUT2D eigenvalue weighted by atomic mass is 10.1. The molecule has 0 saturated carbocycles. The lowest BCUT2D eigenvalue weighted by Gasteiger charge is -2.19. The largest absolute Gasteiger partial charge is 0.472 e. The number of ether oxygens (including phenoxy) is 2. The van der Waals surface area contributed by atoms with E-state index in [0.29, 0.717) is 19.3 Å². The quantitative estimate of drug-likeness (QED) is 0.0266. The van der Waals surface area contributed by atoms with Gasteiger partial charge in [-0.1, -0.05) is 166 Å². The van der Waals surface area contributed by atoms with Crippen LogP contribution in [0.4, 0.5) is 0 Å². The predicted molar refractivity (Wildman–Crippen MR) is 265 cm³/mol. The Kier molecular flexibility index (Phi) is 44.3. The maximum Gasteiger partial charge on any atom is 0.472 e. The highest BCUT2D eigenvalue weighted by Crippen LogP contribution is 2.43. The fourth-order valence-corrected chi connectivity index (χ4v) is 6.12. The van der Waals surface area contributed by atoms with Crippen molar-refractivity contribution in [2.75, 3.05) is 26.4 Å². The molecular weight excluding hydrogens is 810 g/mol. The number of unbranched alkanes of at least 4 members (excludes halogenated alkanes) is 4. The van der Waals surface area contributed by atoms with Crippen molar-refractivity contribution >= 4 is 19.8 Å². The number of carbonyl (C=O) groups is 2. The number of nitrogens with two attached hydrogens (primary N) is 1. The van der Waals surface area contributed by atoms with E-state index in [2.05, 4.69) is 154 Å². The lowest BCUT2D eigenvalue weighted by Crippen LogP contribution is -2.29. The van der Waals surface area contributed by atoms with Crippen molar-refractivity contribution in [1.29, 1.82) is 0 Å². The summed E-state index contributed by atoms with van der Waals surface area (Å²) in [5.41, 5.74) is 5.34. The number of hydrogen-bond donors (Lipinski definition) is 2. The van der Waals surface area contributed by atoms with Crippen LogP contribution >= 0.6 is 7.82 Å². The van der Waals surface area contributed by atoms with Gasteiger partial charge in [0.05, 0.1) is 13.2 Å². The molecule has 10 heteroatoms. The molecule has 0 aliphatic carbocycles. The van der Waals surface area contributed by atoms with E-state index < -0.39 is 32.5 Å². The van der Waals surface area contributed by atoms with Crippen LogP contribution in [-0.4, -0.2) is 49.3 Å². The first-order chi connectivity index (χ1) is 30.8. The zero-order chi connectivity index (χ0) is 46.0. The van der Waals surface area contributed by atoms with E-state index in [0.717, 1.165) is 96.3 Å². The molecule has 2 unspecified atom stereocenters. The third kappa shape index (κ3) is 47.2. The molecule has 0 fully saturated rings. The third-order valence-corrected chi connectivity index (χ3v) is 9.70. The maximum atomic E-state index is 12.6. The molecule has 0 saturated heterocycles. The van der Waals surface area contributed by atoms with Crippen LogP contribution in [-0.2, 0) is 32.7 Å². The zero-order valence-corrected chi connectivity index (χ0v) is 39.6. The zero-order valence-electron chi connectivity index (χ0n) is 38.7. The second-order valence-electron chi connectivity index (χ2n) is 14.5. The standard InChI is InChI=1S/C53H82NO8P/c1-3-5-7-9-11-13-15-17-18-19-20-21-22-23-24-25-26-27-28-29-30-31-32-34-36-38-40-42-44-46-53(56)62-51(50-61-63(57,58)60-48-47-54)49-59-52(55)45-43-41-39-37-35-33-16-14-12-10-8-6-4-2/h5-8,11-14,17-18,20-21,23-24,26-27,29-30,32-35,38,40,51H,3-4,9-10,15-16,19,22,25,28,31,36-37,39,41-50,54H2,1-2H3,(H,57,58)/b7-5-,8-6-,13-11-,14-12-,18-17-,21-20-,24-23-,27-26-,30-29-,34-32-,35-33-,40-38-. The highest BCUT2D eigenvalue weighted by Gasteiger charge is 2.25. The first-order valence-corrected chi connectivity index (χ1v) is 24.8. The van der Waals surface area contributed by atoms with Crippen LogP contribution in [0.3, 0.4) is 0 Å². The van der Waals surface area contributed by atoms with Gasteiger partial charge >= 0.3 is 19.8 Å². The van der Waals surface area contributed by atoms with Gasteiger partial charge < -0.3 is 20.1 Å². The molecule has 0 aromatic rings. The van der Waals surface area contributed by atoms with Gasteiger partial charge in [0.1, 0.15) is 6.61 Å². The van der Waals surface area contributed by atoms with Gasteiger partial charge in [-0.2, -0.15) is 0 Å². The summed E-state index contributed by atoms with van der Waals surface area (Å²) >= 11 is 0. The van der Waals surface area contributed by atoms with Crippen molar-refractivity contribution in [2.45, 2.75) is 148 Å². The summed E-state index contributed by atoms with van der Waals surface area (Å²) in [4.78, 5) is 34.9. The monoisotopic (exact) mass is 892 g/mol. The summed E-state index contributed by atoms with van der Waals surface area (Å²) in [6, 6.07) is 0. The summed E-state index contributed by atoms with van der Waals surface area (Å²) in [5.74, 6) is -0.951. The van der Waals surface area contributed by atoms with E-state index in [1.807, 2.05) is 6.08 Å². The summed E-state index contributed by atoms with van der Waals surface area (Å²) < 4.78 is 32.7. The fourth-order valence-electron chi connectivity index (χ4n) is 5.35. The lowest BCUT2D eigenvalue weighted by molar-refractivity contribution is -0.161. The minimum atomic E-state index is -4.41. The molecule has 0 amide bonds. The van der Waals surface area contributed by atoms with Gasteiger partial charge in [-0.15, -0.1) is 0 Å². The van der Waals surface area contributed by atoms with Crippen molar-refractivity contribution in [3.63, 3.8) is 0 Å². The molecule has 0 aromatic heterocycles. The molecule has 2 atom stereocenters. The van der Waals surface area contributed by atoms with E-state index in [1.54, 1.807) is 0 Å². The Bertz CT molecular complexity index is 1530. The van der Waals surface area contributed by atoms with E-state index in [4.69, 9.17) is 24.3 Å². The van der Waals surface area contributed by atoms with Gasteiger partial charge in [-0.05, 0) is 109 Å². The molecule has 0 aliphatic heterocycles. The smallest absolute Gasteiger partial charge is 0.462 e. The Morgan fingerprint density at radius 3 is 1.24 bits per heavy atom. The van der Waals surface area contributed by atoms with E-state index >= 15 is 0 Å². The molecule has 0 rings (SSSR count). The van der Waals surface area contributed by atoms with Gasteiger partial charge in [0, 0.05) is 19.4 Å². The second-order valence-corrected chi connectivity index (χ2v) is 16.0. The Morgan fingerprint density at radius 1 is 0.476 bits per heavy atom. The SMILES string of the molecule is CC/C=C\C/C=C\C/C=C\C/C=C\C/C=C\C/C=C\C/C=C\C/C=C\C/C=C\CCCC(=O)OC(COC(=O)CCCCC/C=C\C/C=C\C/C=C\CC)COP(=O)(O)OCCN. The predicted octanol–water partition coefficient (Wildman–Crippen LogP) is 14.0. The number of esters is 2. The maximum absolute atomic E-state index is 12.6. The van der Waals surface area contributed by atoms with Gasteiger partial charge in [0.15, 0.2) is 6.10 Å². The Labute approximate surface area is 382 Å². The Morgan fingerprint density at radius 2 is 0.841 bits per heavy atom. The van der Waals surface area contributed by atoms with Crippen molar-refractivity contribution in [2.24, 2.45) is 5.73 Å². The molecule has 0 radical (unpaired) electrons.